The first-order valence-electron chi connectivity index (χ1n) is 5.14. The van der Waals surface area contributed by atoms with Crippen LogP contribution in [0.1, 0.15) is 5.56 Å². The maximum atomic E-state index is 13.1. The van der Waals surface area contributed by atoms with E-state index >= 15 is 0 Å². The first kappa shape index (κ1) is 13.3. The SMILES string of the molecule is Oc1cccc(C(F)(F)F)c1-c1cc(F)cc(F)c1. The molecule has 0 bridgehead atoms. The van der Waals surface area contributed by atoms with Crippen LogP contribution < -0.4 is 0 Å². The van der Waals surface area contributed by atoms with Crippen LogP contribution in [0.25, 0.3) is 11.1 Å². The molecule has 2 aromatic rings. The topological polar surface area (TPSA) is 20.2 Å². The molecule has 0 saturated carbocycles. The molecule has 1 nitrogen and oxygen atoms in total. The molecule has 0 atom stereocenters. The second-order valence-corrected chi connectivity index (χ2v) is 3.86. The van der Waals surface area contributed by atoms with Gasteiger partial charge in [0.15, 0.2) is 0 Å². The fourth-order valence-electron chi connectivity index (χ4n) is 1.78. The Bertz CT molecular complexity index is 599. The van der Waals surface area contributed by atoms with Gasteiger partial charge in [0.1, 0.15) is 17.4 Å². The summed E-state index contributed by atoms with van der Waals surface area (Å²) in [6.45, 7) is 0. The Morgan fingerprint density at radius 3 is 2.00 bits per heavy atom. The normalized spacial score (nSPS) is 11.6. The minimum atomic E-state index is -4.74. The van der Waals surface area contributed by atoms with Crippen LogP contribution >= 0.6 is 0 Å². The van der Waals surface area contributed by atoms with Gasteiger partial charge >= 0.3 is 6.18 Å². The predicted molar refractivity (Wildman–Crippen MR) is 58.5 cm³/mol. The third-order valence-corrected chi connectivity index (χ3v) is 2.50. The van der Waals surface area contributed by atoms with Gasteiger partial charge in [-0.15, -0.1) is 0 Å². The van der Waals surface area contributed by atoms with E-state index in [0.717, 1.165) is 30.3 Å². The molecule has 100 valence electrons. The molecule has 0 saturated heterocycles. The number of rotatable bonds is 1. The van der Waals surface area contributed by atoms with E-state index in [9.17, 15) is 27.1 Å². The van der Waals surface area contributed by atoms with E-state index < -0.39 is 34.7 Å². The Balaban J connectivity index is 2.74. The minimum absolute atomic E-state index is 0.372. The van der Waals surface area contributed by atoms with Crippen LogP contribution in [0.4, 0.5) is 22.0 Å². The average Bonchev–Trinajstić information content (AvgIpc) is 2.25. The molecule has 2 rings (SSSR count). The summed E-state index contributed by atoms with van der Waals surface area (Å²) in [5, 5.41) is 9.54. The van der Waals surface area contributed by atoms with Gasteiger partial charge in [-0.3, -0.25) is 0 Å². The summed E-state index contributed by atoms with van der Waals surface area (Å²) in [5.41, 5.74) is -2.17. The van der Waals surface area contributed by atoms with Gasteiger partial charge in [-0.1, -0.05) is 6.07 Å². The van der Waals surface area contributed by atoms with Crippen molar-refractivity contribution >= 4 is 0 Å². The minimum Gasteiger partial charge on any atom is -0.507 e. The van der Waals surface area contributed by atoms with Crippen molar-refractivity contribution in [2.45, 2.75) is 6.18 Å². The number of phenols is 1. The number of hydrogen-bond acceptors (Lipinski definition) is 1. The summed E-state index contributed by atoms with van der Waals surface area (Å²) >= 11 is 0. The first-order valence-corrected chi connectivity index (χ1v) is 5.14. The van der Waals surface area contributed by atoms with Crippen molar-refractivity contribution in [3.8, 4) is 16.9 Å². The zero-order valence-electron chi connectivity index (χ0n) is 9.30. The highest BCUT2D eigenvalue weighted by molar-refractivity contribution is 5.74. The zero-order chi connectivity index (χ0) is 14.2. The van der Waals surface area contributed by atoms with Crippen LogP contribution in [0.5, 0.6) is 5.75 Å². The molecule has 19 heavy (non-hydrogen) atoms. The molecule has 0 aliphatic rings. The predicted octanol–water partition coefficient (Wildman–Crippen LogP) is 4.36. The van der Waals surface area contributed by atoms with Crippen LogP contribution in [0, 0.1) is 11.6 Å². The highest BCUT2D eigenvalue weighted by Gasteiger charge is 2.35. The van der Waals surface area contributed by atoms with E-state index in [4.69, 9.17) is 0 Å². The lowest BCUT2D eigenvalue weighted by atomic mass is 9.98. The molecule has 2 aromatic carbocycles. The molecule has 1 N–H and O–H groups in total. The lowest BCUT2D eigenvalue weighted by Gasteiger charge is -2.14. The van der Waals surface area contributed by atoms with Gasteiger partial charge in [-0.25, -0.2) is 8.78 Å². The van der Waals surface area contributed by atoms with E-state index in [1.165, 1.54) is 0 Å². The Morgan fingerprint density at radius 1 is 0.895 bits per heavy atom. The Labute approximate surface area is 104 Å². The lowest BCUT2D eigenvalue weighted by Crippen LogP contribution is -2.07. The standard InChI is InChI=1S/C13H7F5O/c14-8-4-7(5-9(15)6-8)12-10(13(16,17)18)2-1-3-11(12)19/h1-6,19H. The van der Waals surface area contributed by atoms with Crippen molar-refractivity contribution in [1.82, 2.24) is 0 Å². The second-order valence-electron chi connectivity index (χ2n) is 3.86. The molecule has 6 heteroatoms. The fourth-order valence-corrected chi connectivity index (χ4v) is 1.78. The van der Waals surface area contributed by atoms with Crippen molar-refractivity contribution in [3.05, 3.63) is 53.6 Å². The van der Waals surface area contributed by atoms with Crippen LogP contribution in [0.2, 0.25) is 0 Å². The number of phenolic OH excluding ortho intramolecular Hbond substituents is 1. The quantitative estimate of drug-likeness (QED) is 0.766. The van der Waals surface area contributed by atoms with E-state index in [-0.39, 0.29) is 5.56 Å². The van der Waals surface area contributed by atoms with E-state index in [1.807, 2.05) is 0 Å². The maximum absolute atomic E-state index is 13.1. The lowest BCUT2D eigenvalue weighted by molar-refractivity contribution is -0.137. The Kier molecular flexibility index (Phi) is 3.18. The summed E-state index contributed by atoms with van der Waals surface area (Å²) in [7, 11) is 0. The fraction of sp³-hybridized carbons (Fsp3) is 0.0769. The summed E-state index contributed by atoms with van der Waals surface area (Å²) in [5.74, 6) is -2.74. The Morgan fingerprint density at radius 2 is 1.47 bits per heavy atom. The summed E-state index contributed by atoms with van der Waals surface area (Å²) < 4.78 is 64.6. The van der Waals surface area contributed by atoms with Crippen molar-refractivity contribution in [2.75, 3.05) is 0 Å². The van der Waals surface area contributed by atoms with Gasteiger partial charge in [-0.05, 0) is 29.8 Å². The van der Waals surface area contributed by atoms with Crippen molar-refractivity contribution in [2.24, 2.45) is 0 Å². The molecule has 0 fully saturated rings. The molecule has 0 unspecified atom stereocenters. The van der Waals surface area contributed by atoms with Gasteiger partial charge in [0.25, 0.3) is 0 Å². The van der Waals surface area contributed by atoms with Crippen molar-refractivity contribution < 1.29 is 27.1 Å². The second kappa shape index (κ2) is 4.53. The van der Waals surface area contributed by atoms with Crippen LogP contribution in [-0.4, -0.2) is 5.11 Å². The summed E-state index contributed by atoms with van der Waals surface area (Å²) in [6, 6.07) is 4.76. The summed E-state index contributed by atoms with van der Waals surface area (Å²) in [4.78, 5) is 0. The van der Waals surface area contributed by atoms with Crippen LogP contribution in [0.15, 0.2) is 36.4 Å². The van der Waals surface area contributed by atoms with Gasteiger partial charge in [0, 0.05) is 11.6 Å². The van der Waals surface area contributed by atoms with Crippen molar-refractivity contribution in [3.63, 3.8) is 0 Å². The summed E-state index contributed by atoms with van der Waals surface area (Å²) in [6.07, 6.45) is -4.74. The molecular formula is C13H7F5O. The van der Waals surface area contributed by atoms with Crippen LogP contribution in [0.3, 0.4) is 0 Å². The van der Waals surface area contributed by atoms with E-state index in [1.54, 1.807) is 0 Å². The van der Waals surface area contributed by atoms with E-state index in [0.29, 0.717) is 6.07 Å². The Hall–Kier alpha value is -2.11. The van der Waals surface area contributed by atoms with Gasteiger partial charge < -0.3 is 5.11 Å². The highest BCUT2D eigenvalue weighted by Crippen LogP contribution is 2.41. The van der Waals surface area contributed by atoms with Crippen LogP contribution in [-0.2, 0) is 6.18 Å². The van der Waals surface area contributed by atoms with Gasteiger partial charge in [0.05, 0.1) is 5.56 Å². The van der Waals surface area contributed by atoms with E-state index in [2.05, 4.69) is 0 Å². The largest absolute Gasteiger partial charge is 0.507 e. The molecule has 0 spiro atoms. The smallest absolute Gasteiger partial charge is 0.417 e. The zero-order valence-corrected chi connectivity index (χ0v) is 9.30. The number of hydrogen-bond donors (Lipinski definition) is 1. The molecule has 0 heterocycles. The van der Waals surface area contributed by atoms with Crippen molar-refractivity contribution in [1.29, 1.82) is 0 Å². The van der Waals surface area contributed by atoms with Gasteiger partial charge in [-0.2, -0.15) is 13.2 Å². The number of benzene rings is 2. The molecular weight excluding hydrogens is 267 g/mol. The third kappa shape index (κ3) is 2.67. The third-order valence-electron chi connectivity index (χ3n) is 2.50. The number of halogens is 5. The number of alkyl halides is 3. The first-order chi connectivity index (χ1) is 8.79. The molecule has 0 aliphatic heterocycles. The number of aromatic hydroxyl groups is 1. The molecule has 0 radical (unpaired) electrons. The monoisotopic (exact) mass is 274 g/mol. The maximum Gasteiger partial charge on any atom is 0.417 e. The highest BCUT2D eigenvalue weighted by atomic mass is 19.4. The molecule has 0 aliphatic carbocycles. The van der Waals surface area contributed by atoms with Gasteiger partial charge in [0.2, 0.25) is 0 Å². The average molecular weight is 274 g/mol. The molecule has 0 amide bonds. The molecule has 0 aromatic heterocycles.